The fourth-order valence-electron chi connectivity index (χ4n) is 2.20. The van der Waals surface area contributed by atoms with Crippen LogP contribution in [0.15, 0.2) is 12.2 Å². The molecule has 0 aliphatic carbocycles. The van der Waals surface area contributed by atoms with Crippen LogP contribution in [0.25, 0.3) is 0 Å². The molecule has 0 aromatic heterocycles. The lowest BCUT2D eigenvalue weighted by Crippen LogP contribution is -2.16. The molecule has 0 aliphatic heterocycles. The van der Waals surface area contributed by atoms with Crippen LogP contribution < -0.4 is 0 Å². The highest BCUT2D eigenvalue weighted by atomic mass is 16.5. The van der Waals surface area contributed by atoms with Crippen LogP contribution in [-0.4, -0.2) is 12.1 Å². The highest BCUT2D eigenvalue weighted by Crippen LogP contribution is 2.15. The van der Waals surface area contributed by atoms with Gasteiger partial charge in [-0.1, -0.05) is 51.7 Å². The Bertz CT molecular complexity index is 233. The molecule has 0 rings (SSSR count). The third kappa shape index (κ3) is 13.4. The second-order valence-corrected chi connectivity index (χ2v) is 5.24. The van der Waals surface area contributed by atoms with Crippen molar-refractivity contribution in [3.05, 3.63) is 12.2 Å². The number of carbonyl (C=O) groups is 1. The summed E-state index contributed by atoms with van der Waals surface area (Å²) >= 11 is 0. The van der Waals surface area contributed by atoms with E-state index in [1.807, 2.05) is 0 Å². The van der Waals surface area contributed by atoms with Gasteiger partial charge in [-0.25, -0.2) is 0 Å². The topological polar surface area (TPSA) is 26.3 Å². The van der Waals surface area contributed by atoms with Gasteiger partial charge >= 0.3 is 5.97 Å². The highest BCUT2D eigenvalue weighted by Gasteiger charge is 2.10. The van der Waals surface area contributed by atoms with Gasteiger partial charge in [-0.15, -0.1) is 0 Å². The predicted molar refractivity (Wildman–Crippen MR) is 82.2 cm³/mol. The lowest BCUT2D eigenvalue weighted by Gasteiger charge is -2.16. The van der Waals surface area contributed by atoms with Crippen molar-refractivity contribution in [1.82, 2.24) is 0 Å². The van der Waals surface area contributed by atoms with Crippen molar-refractivity contribution in [2.24, 2.45) is 0 Å². The lowest BCUT2D eigenvalue weighted by atomic mass is 10.0. The van der Waals surface area contributed by atoms with E-state index in [0.29, 0.717) is 0 Å². The van der Waals surface area contributed by atoms with Gasteiger partial charge in [0.25, 0.3) is 0 Å². The van der Waals surface area contributed by atoms with Crippen LogP contribution in [0.4, 0.5) is 0 Å². The zero-order valence-electron chi connectivity index (χ0n) is 13.1. The summed E-state index contributed by atoms with van der Waals surface area (Å²) in [6.07, 6.45) is 16.4. The second kappa shape index (κ2) is 13.6. The summed E-state index contributed by atoms with van der Waals surface area (Å²) in [6.45, 7) is 5.86. The average Bonchev–Trinajstić information content (AvgIpc) is 2.38. The Balaban J connectivity index is 3.56. The molecule has 0 amide bonds. The first kappa shape index (κ1) is 18.2. The normalized spacial score (nSPS) is 12.8. The third-order valence-corrected chi connectivity index (χ3v) is 3.26. The molecule has 0 radical (unpaired) electrons. The Labute approximate surface area is 119 Å². The van der Waals surface area contributed by atoms with E-state index in [4.69, 9.17) is 4.74 Å². The van der Waals surface area contributed by atoms with Crippen LogP contribution in [0.2, 0.25) is 0 Å². The maximum absolute atomic E-state index is 11.0. The molecule has 0 saturated carbocycles. The van der Waals surface area contributed by atoms with Gasteiger partial charge in [0, 0.05) is 6.92 Å². The number of rotatable bonds is 12. The van der Waals surface area contributed by atoms with Crippen molar-refractivity contribution < 1.29 is 9.53 Å². The number of ether oxygens (including phenoxy) is 1. The van der Waals surface area contributed by atoms with E-state index in [1.165, 1.54) is 45.4 Å². The van der Waals surface area contributed by atoms with E-state index in [2.05, 4.69) is 26.0 Å². The van der Waals surface area contributed by atoms with Crippen molar-refractivity contribution in [3.8, 4) is 0 Å². The van der Waals surface area contributed by atoms with Gasteiger partial charge in [-0.3, -0.25) is 4.79 Å². The molecule has 0 fully saturated rings. The molecule has 0 aromatic carbocycles. The van der Waals surface area contributed by atoms with Crippen molar-refractivity contribution in [2.45, 2.75) is 91.1 Å². The molecule has 19 heavy (non-hydrogen) atoms. The van der Waals surface area contributed by atoms with Crippen molar-refractivity contribution in [3.63, 3.8) is 0 Å². The van der Waals surface area contributed by atoms with Gasteiger partial charge in [0.1, 0.15) is 6.10 Å². The number of unbranched alkanes of at least 4 members (excludes halogenated alkanes) is 5. The molecule has 112 valence electrons. The summed E-state index contributed by atoms with van der Waals surface area (Å²) in [7, 11) is 0. The lowest BCUT2D eigenvalue weighted by molar-refractivity contribution is -0.147. The molecule has 1 unspecified atom stereocenters. The van der Waals surface area contributed by atoms with Gasteiger partial charge in [-0.2, -0.15) is 0 Å². The Morgan fingerprint density at radius 1 is 1.00 bits per heavy atom. The highest BCUT2D eigenvalue weighted by molar-refractivity contribution is 5.66. The molecular formula is C17H32O2. The number of carbonyl (C=O) groups excluding carboxylic acids is 1. The monoisotopic (exact) mass is 268 g/mol. The molecule has 0 aliphatic rings. The van der Waals surface area contributed by atoms with Crippen LogP contribution in [0.1, 0.15) is 85.0 Å². The van der Waals surface area contributed by atoms with Gasteiger partial charge < -0.3 is 4.74 Å². The van der Waals surface area contributed by atoms with E-state index in [1.54, 1.807) is 0 Å². The zero-order valence-corrected chi connectivity index (χ0v) is 13.1. The van der Waals surface area contributed by atoms with Crippen LogP contribution in [-0.2, 0) is 9.53 Å². The van der Waals surface area contributed by atoms with Gasteiger partial charge in [-0.05, 0) is 38.5 Å². The Morgan fingerprint density at radius 2 is 1.68 bits per heavy atom. The van der Waals surface area contributed by atoms with E-state index in [0.717, 1.165) is 25.7 Å². The number of esters is 1. The smallest absolute Gasteiger partial charge is 0.302 e. The standard InChI is InChI=1S/C17H32O2/c1-4-6-8-9-10-11-12-13-15-17(14-7-5-2)19-16(3)18/h6,8,17H,4-5,7,9-15H2,1-3H3. The van der Waals surface area contributed by atoms with Crippen LogP contribution in [0, 0.1) is 0 Å². The van der Waals surface area contributed by atoms with Gasteiger partial charge in [0.05, 0.1) is 0 Å². The molecular weight excluding hydrogens is 236 g/mol. The molecule has 1 atom stereocenters. The first-order chi connectivity index (χ1) is 9.20. The van der Waals surface area contributed by atoms with E-state index in [9.17, 15) is 4.79 Å². The first-order valence-electron chi connectivity index (χ1n) is 8.02. The molecule has 0 saturated heterocycles. The molecule has 0 bridgehead atoms. The number of hydrogen-bond donors (Lipinski definition) is 0. The van der Waals surface area contributed by atoms with E-state index >= 15 is 0 Å². The third-order valence-electron chi connectivity index (χ3n) is 3.26. The second-order valence-electron chi connectivity index (χ2n) is 5.24. The fourth-order valence-corrected chi connectivity index (χ4v) is 2.20. The number of hydrogen-bond acceptors (Lipinski definition) is 2. The van der Waals surface area contributed by atoms with Crippen LogP contribution in [0.3, 0.4) is 0 Å². The van der Waals surface area contributed by atoms with Gasteiger partial charge in [0.2, 0.25) is 0 Å². The molecule has 0 spiro atoms. The van der Waals surface area contributed by atoms with Crippen molar-refractivity contribution in [1.29, 1.82) is 0 Å². The summed E-state index contributed by atoms with van der Waals surface area (Å²) in [5.41, 5.74) is 0. The minimum atomic E-state index is -0.134. The summed E-state index contributed by atoms with van der Waals surface area (Å²) in [4.78, 5) is 11.0. The Kier molecular flexibility index (Phi) is 13.1. The Morgan fingerprint density at radius 3 is 2.32 bits per heavy atom. The maximum atomic E-state index is 11.0. The van der Waals surface area contributed by atoms with Crippen LogP contribution >= 0.6 is 0 Å². The molecule has 0 heterocycles. The summed E-state index contributed by atoms with van der Waals surface area (Å²) < 4.78 is 5.36. The molecule has 2 heteroatoms. The van der Waals surface area contributed by atoms with E-state index in [-0.39, 0.29) is 12.1 Å². The summed E-state index contributed by atoms with van der Waals surface area (Å²) in [5.74, 6) is -0.134. The van der Waals surface area contributed by atoms with Gasteiger partial charge in [0.15, 0.2) is 0 Å². The van der Waals surface area contributed by atoms with Crippen molar-refractivity contribution >= 4 is 5.97 Å². The van der Waals surface area contributed by atoms with Crippen molar-refractivity contribution in [2.75, 3.05) is 0 Å². The predicted octanol–water partition coefficient (Wildman–Crippen LogP) is 5.42. The molecule has 2 nitrogen and oxygen atoms in total. The van der Waals surface area contributed by atoms with E-state index < -0.39 is 0 Å². The average molecular weight is 268 g/mol. The minimum Gasteiger partial charge on any atom is -0.463 e. The minimum absolute atomic E-state index is 0.134. The number of allylic oxidation sites excluding steroid dienone is 2. The summed E-state index contributed by atoms with van der Waals surface area (Å²) in [5, 5.41) is 0. The first-order valence-corrected chi connectivity index (χ1v) is 8.02. The quantitative estimate of drug-likeness (QED) is 0.268. The fraction of sp³-hybridized carbons (Fsp3) is 0.824. The maximum Gasteiger partial charge on any atom is 0.302 e. The summed E-state index contributed by atoms with van der Waals surface area (Å²) in [6, 6.07) is 0. The Hall–Kier alpha value is -0.790. The zero-order chi connectivity index (χ0) is 14.3. The molecule has 0 aromatic rings. The largest absolute Gasteiger partial charge is 0.463 e. The molecule has 0 N–H and O–H groups in total. The SMILES string of the molecule is CCC=CCCCCCCC(CCCC)OC(C)=O. The van der Waals surface area contributed by atoms with Crippen LogP contribution in [0.5, 0.6) is 0 Å².